The van der Waals surface area contributed by atoms with Gasteiger partial charge in [0.05, 0.1) is 6.07 Å². The Balaban J connectivity index is 2.15. The molecular weight excluding hydrogens is 246 g/mol. The van der Waals surface area contributed by atoms with Crippen LogP contribution in [0.5, 0.6) is 0 Å². The van der Waals surface area contributed by atoms with E-state index in [0.717, 1.165) is 38.8 Å². The van der Waals surface area contributed by atoms with E-state index in [1.165, 1.54) is 5.56 Å². The summed E-state index contributed by atoms with van der Waals surface area (Å²) in [6, 6.07) is 12.9. The van der Waals surface area contributed by atoms with Crippen LogP contribution in [0.1, 0.15) is 31.7 Å². The fraction of sp³-hybridized carbons (Fsp3) is 0.588. The molecule has 1 unspecified atom stereocenters. The van der Waals surface area contributed by atoms with E-state index in [9.17, 15) is 0 Å². The number of nitrogens with one attached hydrogen (secondary N) is 1. The molecule has 1 aromatic carbocycles. The fourth-order valence-corrected chi connectivity index (χ4v) is 2.17. The van der Waals surface area contributed by atoms with Crippen LogP contribution in [0, 0.1) is 11.3 Å². The summed E-state index contributed by atoms with van der Waals surface area (Å²) < 4.78 is 0. The molecule has 3 heteroatoms. The first-order valence-corrected chi connectivity index (χ1v) is 7.42. The molecule has 0 aromatic heterocycles. The molecule has 0 aliphatic rings. The topological polar surface area (TPSA) is 39.1 Å². The summed E-state index contributed by atoms with van der Waals surface area (Å²) in [7, 11) is 4.03. The fourth-order valence-electron chi connectivity index (χ4n) is 2.17. The molecule has 0 spiro atoms. The lowest BCUT2D eigenvalue weighted by Gasteiger charge is -2.21. The van der Waals surface area contributed by atoms with Crippen LogP contribution in [0.25, 0.3) is 0 Å². The Morgan fingerprint density at radius 3 is 2.50 bits per heavy atom. The zero-order chi connectivity index (χ0) is 14.8. The highest BCUT2D eigenvalue weighted by atomic mass is 15.1. The lowest BCUT2D eigenvalue weighted by Crippen LogP contribution is -2.38. The molecule has 1 aromatic rings. The van der Waals surface area contributed by atoms with Crippen LogP contribution in [-0.2, 0) is 6.42 Å². The van der Waals surface area contributed by atoms with Crippen molar-refractivity contribution in [2.45, 2.75) is 38.1 Å². The number of nitriles is 1. The molecule has 0 amide bonds. The number of nitrogens with zero attached hydrogens (tertiary/aromatic N) is 2. The molecule has 1 N–H and O–H groups in total. The molecule has 0 saturated carbocycles. The Morgan fingerprint density at radius 1 is 1.20 bits per heavy atom. The second-order valence-electron chi connectivity index (χ2n) is 5.69. The van der Waals surface area contributed by atoms with Gasteiger partial charge in [0.1, 0.15) is 5.54 Å². The first-order chi connectivity index (χ1) is 9.59. The molecule has 20 heavy (non-hydrogen) atoms. The van der Waals surface area contributed by atoms with Gasteiger partial charge >= 0.3 is 0 Å². The number of benzene rings is 1. The third-order valence-corrected chi connectivity index (χ3v) is 3.89. The van der Waals surface area contributed by atoms with Gasteiger partial charge in [0.2, 0.25) is 0 Å². The van der Waals surface area contributed by atoms with Crippen LogP contribution in [0.15, 0.2) is 30.3 Å². The minimum Gasteiger partial charge on any atom is -0.306 e. The van der Waals surface area contributed by atoms with Gasteiger partial charge in [-0.05, 0) is 58.8 Å². The second-order valence-corrected chi connectivity index (χ2v) is 5.69. The van der Waals surface area contributed by atoms with Gasteiger partial charge in [-0.15, -0.1) is 0 Å². The standard InChI is InChI=1S/C17H27N3/c1-17(15-18,19-2)12-7-8-13-20(3)14-11-16-9-5-4-6-10-16/h4-6,9-10,19H,7-8,11-14H2,1-3H3. The van der Waals surface area contributed by atoms with E-state index < -0.39 is 0 Å². The highest BCUT2D eigenvalue weighted by molar-refractivity contribution is 5.14. The summed E-state index contributed by atoms with van der Waals surface area (Å²) in [6.45, 7) is 4.15. The lowest BCUT2D eigenvalue weighted by molar-refractivity contribution is 0.319. The summed E-state index contributed by atoms with van der Waals surface area (Å²) >= 11 is 0. The van der Waals surface area contributed by atoms with Gasteiger partial charge in [-0.1, -0.05) is 30.3 Å². The normalized spacial score (nSPS) is 13.9. The first-order valence-electron chi connectivity index (χ1n) is 7.42. The van der Waals surface area contributed by atoms with Gasteiger partial charge in [0.25, 0.3) is 0 Å². The third-order valence-electron chi connectivity index (χ3n) is 3.89. The Kier molecular flexibility index (Phi) is 7.28. The van der Waals surface area contributed by atoms with Crippen LogP contribution < -0.4 is 5.32 Å². The summed E-state index contributed by atoms with van der Waals surface area (Å²) in [5, 5.41) is 12.2. The summed E-state index contributed by atoms with van der Waals surface area (Å²) in [6.07, 6.45) is 4.24. The summed E-state index contributed by atoms with van der Waals surface area (Å²) in [4.78, 5) is 2.37. The van der Waals surface area contributed by atoms with Crippen molar-refractivity contribution in [3.63, 3.8) is 0 Å². The monoisotopic (exact) mass is 273 g/mol. The van der Waals surface area contributed by atoms with Crippen LogP contribution in [0.2, 0.25) is 0 Å². The van der Waals surface area contributed by atoms with Gasteiger partial charge < -0.3 is 10.2 Å². The maximum Gasteiger partial charge on any atom is 0.103 e. The molecule has 0 aliphatic carbocycles. The van der Waals surface area contributed by atoms with E-state index in [0.29, 0.717) is 0 Å². The molecule has 0 fully saturated rings. The van der Waals surface area contributed by atoms with E-state index >= 15 is 0 Å². The van der Waals surface area contributed by atoms with Crippen LogP contribution >= 0.6 is 0 Å². The Bertz CT molecular complexity index is 410. The molecule has 1 atom stereocenters. The van der Waals surface area contributed by atoms with Crippen molar-refractivity contribution in [2.24, 2.45) is 0 Å². The van der Waals surface area contributed by atoms with Gasteiger partial charge in [0.15, 0.2) is 0 Å². The largest absolute Gasteiger partial charge is 0.306 e. The Hall–Kier alpha value is -1.37. The molecule has 0 heterocycles. The van der Waals surface area contributed by atoms with E-state index in [1.807, 2.05) is 14.0 Å². The zero-order valence-electron chi connectivity index (χ0n) is 13.0. The van der Waals surface area contributed by atoms with Crippen molar-refractivity contribution < 1.29 is 0 Å². The summed E-state index contributed by atoms with van der Waals surface area (Å²) in [5.41, 5.74) is 1.02. The quantitative estimate of drug-likeness (QED) is 0.703. The number of hydrogen-bond acceptors (Lipinski definition) is 3. The predicted molar refractivity (Wildman–Crippen MR) is 84.6 cm³/mol. The smallest absolute Gasteiger partial charge is 0.103 e. The molecule has 3 nitrogen and oxygen atoms in total. The van der Waals surface area contributed by atoms with E-state index in [-0.39, 0.29) is 5.54 Å². The molecular formula is C17H27N3. The van der Waals surface area contributed by atoms with E-state index in [2.05, 4.69) is 53.7 Å². The van der Waals surface area contributed by atoms with Crippen molar-refractivity contribution in [1.29, 1.82) is 5.26 Å². The molecule has 0 bridgehead atoms. The van der Waals surface area contributed by atoms with Gasteiger partial charge in [0, 0.05) is 6.54 Å². The highest BCUT2D eigenvalue weighted by Crippen LogP contribution is 2.12. The minimum absolute atomic E-state index is 0.372. The second kappa shape index (κ2) is 8.73. The Labute approximate surface area is 123 Å². The molecule has 1 rings (SSSR count). The van der Waals surface area contributed by atoms with Crippen molar-refractivity contribution in [3.8, 4) is 6.07 Å². The summed E-state index contributed by atoms with van der Waals surface area (Å²) in [5.74, 6) is 0. The average molecular weight is 273 g/mol. The molecule has 110 valence electrons. The van der Waals surface area contributed by atoms with Gasteiger partial charge in [-0.2, -0.15) is 5.26 Å². The van der Waals surface area contributed by atoms with Crippen LogP contribution in [0.3, 0.4) is 0 Å². The SMILES string of the molecule is CNC(C)(C#N)CCCCN(C)CCc1ccccc1. The zero-order valence-corrected chi connectivity index (χ0v) is 13.0. The van der Waals surface area contributed by atoms with Crippen LogP contribution in [0.4, 0.5) is 0 Å². The van der Waals surface area contributed by atoms with Crippen LogP contribution in [-0.4, -0.2) is 37.6 Å². The van der Waals surface area contributed by atoms with Gasteiger partial charge in [-0.3, -0.25) is 0 Å². The number of likely N-dealkylation sites (N-methyl/N-ethyl adjacent to an activating group) is 1. The molecule has 0 saturated heterocycles. The first kappa shape index (κ1) is 16.7. The molecule has 0 radical (unpaired) electrons. The number of unbranched alkanes of at least 4 members (excludes halogenated alkanes) is 1. The molecule has 0 aliphatic heterocycles. The van der Waals surface area contributed by atoms with Gasteiger partial charge in [-0.25, -0.2) is 0 Å². The highest BCUT2D eigenvalue weighted by Gasteiger charge is 2.19. The van der Waals surface area contributed by atoms with Crippen molar-refractivity contribution >= 4 is 0 Å². The van der Waals surface area contributed by atoms with Crippen molar-refractivity contribution in [2.75, 3.05) is 27.2 Å². The lowest BCUT2D eigenvalue weighted by atomic mass is 9.97. The van der Waals surface area contributed by atoms with E-state index in [4.69, 9.17) is 5.26 Å². The maximum atomic E-state index is 9.08. The third kappa shape index (κ3) is 6.18. The number of rotatable bonds is 9. The minimum atomic E-state index is -0.372. The average Bonchev–Trinajstić information content (AvgIpc) is 2.50. The predicted octanol–water partition coefficient (Wildman–Crippen LogP) is 2.83. The van der Waals surface area contributed by atoms with Crippen molar-refractivity contribution in [1.82, 2.24) is 10.2 Å². The van der Waals surface area contributed by atoms with Crippen molar-refractivity contribution in [3.05, 3.63) is 35.9 Å². The Morgan fingerprint density at radius 2 is 1.90 bits per heavy atom. The maximum absolute atomic E-state index is 9.08. The number of hydrogen-bond donors (Lipinski definition) is 1. The van der Waals surface area contributed by atoms with E-state index in [1.54, 1.807) is 0 Å².